The highest BCUT2D eigenvalue weighted by atomic mass is 32.4. The Morgan fingerprint density at radius 3 is 1.00 bits per heavy atom. The van der Waals surface area contributed by atoms with Crippen LogP contribution in [0.4, 0.5) is 0 Å². The molecular weight excluding hydrogens is 159 g/mol. The molecule has 0 aromatic carbocycles. The second-order valence-electron chi connectivity index (χ2n) is 4.83. The van der Waals surface area contributed by atoms with E-state index >= 15 is 0 Å². The summed E-state index contributed by atoms with van der Waals surface area (Å²) in [5.41, 5.74) is 0. The molecule has 0 aliphatic carbocycles. The second kappa shape index (κ2) is 2.95. The summed E-state index contributed by atoms with van der Waals surface area (Å²) >= 11 is 5.51. The van der Waals surface area contributed by atoms with Gasteiger partial charge in [-0.2, -0.15) is 0 Å². The van der Waals surface area contributed by atoms with Crippen molar-refractivity contribution < 1.29 is 0 Å². The van der Waals surface area contributed by atoms with E-state index in [-0.39, 0.29) is 0 Å². The van der Waals surface area contributed by atoms with Gasteiger partial charge >= 0.3 is 0 Å². The largest absolute Gasteiger partial charge is 0.0998 e. The lowest BCUT2D eigenvalue weighted by Crippen LogP contribution is -2.19. The van der Waals surface area contributed by atoms with Crippen molar-refractivity contribution in [1.82, 2.24) is 0 Å². The normalized spacial score (nSPS) is 14.3. The minimum Gasteiger partial charge on any atom is -0.0998 e. The average molecular weight is 178 g/mol. The zero-order valence-corrected chi connectivity index (χ0v) is 9.72. The van der Waals surface area contributed by atoms with E-state index in [1.165, 1.54) is 0 Å². The SMILES string of the molecule is CC(C)(C)[PH](=S)C(C)(C)C. The molecule has 62 valence electrons. The summed E-state index contributed by atoms with van der Waals surface area (Å²) in [6.45, 7) is 12.9. The van der Waals surface area contributed by atoms with E-state index in [1.54, 1.807) is 0 Å². The van der Waals surface area contributed by atoms with E-state index in [0.717, 1.165) is 0 Å². The van der Waals surface area contributed by atoms with Crippen LogP contribution in [0.25, 0.3) is 0 Å². The van der Waals surface area contributed by atoms with Gasteiger partial charge in [0, 0.05) is 0 Å². The van der Waals surface area contributed by atoms with Crippen molar-refractivity contribution >= 4 is 18.5 Å². The van der Waals surface area contributed by atoms with Crippen LogP contribution >= 0.6 is 6.70 Å². The third kappa shape index (κ3) is 3.16. The molecule has 0 atom stereocenters. The van der Waals surface area contributed by atoms with Gasteiger partial charge in [-0.1, -0.05) is 53.3 Å². The fraction of sp³-hybridized carbons (Fsp3) is 1.00. The summed E-state index contributed by atoms with van der Waals surface area (Å²) in [5, 5.41) is 0.719. The van der Waals surface area contributed by atoms with Crippen LogP contribution in [-0.4, -0.2) is 10.3 Å². The van der Waals surface area contributed by atoms with Gasteiger partial charge in [0.1, 0.15) is 0 Å². The van der Waals surface area contributed by atoms with Crippen LogP contribution < -0.4 is 0 Å². The highest BCUT2D eigenvalue weighted by Gasteiger charge is 2.26. The first-order chi connectivity index (χ1) is 4.15. The maximum atomic E-state index is 5.51. The molecule has 0 aliphatic rings. The Bertz CT molecular complexity index is 120. The lowest BCUT2D eigenvalue weighted by molar-refractivity contribution is 0.723. The van der Waals surface area contributed by atoms with Crippen molar-refractivity contribution in [2.45, 2.75) is 51.9 Å². The molecular formula is C8H19PS. The van der Waals surface area contributed by atoms with Crippen molar-refractivity contribution in [1.29, 1.82) is 0 Å². The molecule has 0 saturated heterocycles. The monoisotopic (exact) mass is 178 g/mol. The summed E-state index contributed by atoms with van der Waals surface area (Å²) in [7, 11) is 0. The molecule has 10 heavy (non-hydrogen) atoms. The van der Waals surface area contributed by atoms with E-state index in [9.17, 15) is 0 Å². The van der Waals surface area contributed by atoms with E-state index in [1.807, 2.05) is 0 Å². The van der Waals surface area contributed by atoms with Crippen molar-refractivity contribution in [2.75, 3.05) is 0 Å². The molecule has 0 fully saturated rings. The smallest absolute Gasteiger partial charge is 0.0110 e. The van der Waals surface area contributed by atoms with Gasteiger partial charge in [0.25, 0.3) is 0 Å². The maximum absolute atomic E-state index is 5.51. The van der Waals surface area contributed by atoms with Gasteiger partial charge in [0.15, 0.2) is 0 Å². The first-order valence-corrected chi connectivity index (χ1v) is 6.34. The molecule has 0 N–H and O–H groups in total. The Morgan fingerprint density at radius 2 is 1.00 bits per heavy atom. The molecule has 0 saturated carbocycles. The van der Waals surface area contributed by atoms with Gasteiger partial charge in [-0.25, -0.2) is 0 Å². The molecule has 0 bridgehead atoms. The maximum Gasteiger partial charge on any atom is -0.0110 e. The van der Waals surface area contributed by atoms with Gasteiger partial charge in [0.2, 0.25) is 0 Å². The van der Waals surface area contributed by atoms with Crippen LogP contribution in [0.5, 0.6) is 0 Å². The quantitative estimate of drug-likeness (QED) is 0.513. The number of hydrogen-bond acceptors (Lipinski definition) is 1. The van der Waals surface area contributed by atoms with E-state index in [0.29, 0.717) is 10.3 Å². The summed E-state index contributed by atoms with van der Waals surface area (Å²) in [6.07, 6.45) is 0. The predicted molar refractivity (Wildman–Crippen MR) is 55.2 cm³/mol. The first kappa shape index (κ1) is 10.7. The van der Waals surface area contributed by atoms with Crippen LogP contribution in [0.1, 0.15) is 41.5 Å². The minimum absolute atomic E-state index is 0.359. The molecule has 0 aliphatic heterocycles. The van der Waals surface area contributed by atoms with Crippen molar-refractivity contribution in [3.05, 3.63) is 0 Å². The Hall–Kier alpha value is 0.650. The van der Waals surface area contributed by atoms with Gasteiger partial charge in [-0.05, 0) is 17.0 Å². The lowest BCUT2D eigenvalue weighted by atomic mass is 10.2. The fourth-order valence-electron chi connectivity index (χ4n) is 1.12. The Labute approximate surface area is 70.8 Å². The Morgan fingerprint density at radius 1 is 0.800 bits per heavy atom. The third-order valence-corrected chi connectivity index (χ3v) is 7.76. The summed E-state index contributed by atoms with van der Waals surface area (Å²) < 4.78 is 0. The van der Waals surface area contributed by atoms with Gasteiger partial charge < -0.3 is 0 Å². The average Bonchev–Trinajstić information content (AvgIpc) is 1.59. The summed E-state index contributed by atoms with van der Waals surface area (Å²) in [6, 6.07) is 0. The van der Waals surface area contributed by atoms with Crippen molar-refractivity contribution in [2.24, 2.45) is 0 Å². The van der Waals surface area contributed by atoms with Crippen LogP contribution in [-0.2, 0) is 11.8 Å². The van der Waals surface area contributed by atoms with Crippen molar-refractivity contribution in [3.8, 4) is 0 Å². The highest BCUT2D eigenvalue weighted by Crippen LogP contribution is 2.49. The zero-order chi connectivity index (χ0) is 8.58. The van der Waals surface area contributed by atoms with Gasteiger partial charge in [0.05, 0.1) is 0 Å². The van der Waals surface area contributed by atoms with Crippen LogP contribution in [0.15, 0.2) is 0 Å². The summed E-state index contributed by atoms with van der Waals surface area (Å²) in [5.74, 6) is 0. The number of rotatable bonds is 0. The van der Waals surface area contributed by atoms with Crippen LogP contribution in [0.2, 0.25) is 0 Å². The molecule has 0 nitrogen and oxygen atoms in total. The second-order valence-corrected chi connectivity index (χ2v) is 9.71. The molecule has 0 heterocycles. The zero-order valence-electron chi connectivity index (χ0n) is 7.91. The molecule has 0 aromatic heterocycles. The minimum atomic E-state index is -0.637. The molecule has 0 radical (unpaired) electrons. The molecule has 0 amide bonds. The van der Waals surface area contributed by atoms with Crippen molar-refractivity contribution in [3.63, 3.8) is 0 Å². The summed E-state index contributed by atoms with van der Waals surface area (Å²) in [4.78, 5) is 0. The fourth-order valence-corrected chi connectivity index (χ4v) is 3.38. The van der Waals surface area contributed by atoms with Gasteiger partial charge in [-0.15, -0.1) is 0 Å². The third-order valence-electron chi connectivity index (χ3n) is 1.36. The van der Waals surface area contributed by atoms with E-state index in [2.05, 4.69) is 41.5 Å². The van der Waals surface area contributed by atoms with Crippen LogP contribution in [0.3, 0.4) is 0 Å². The Kier molecular flexibility index (Phi) is 3.14. The Balaban J connectivity index is 4.40. The molecule has 0 rings (SSSR count). The molecule has 0 unspecified atom stereocenters. The molecule has 0 aromatic rings. The van der Waals surface area contributed by atoms with Crippen LogP contribution in [0, 0.1) is 0 Å². The van der Waals surface area contributed by atoms with E-state index in [4.69, 9.17) is 11.8 Å². The lowest BCUT2D eigenvalue weighted by Gasteiger charge is -2.31. The first-order valence-electron chi connectivity index (χ1n) is 3.70. The standard InChI is InChI=1S/C8H19PS/c1-7(2,3)9(10)8(4,5)6/h9H,1-6H3. The molecule has 0 spiro atoms. The van der Waals surface area contributed by atoms with Gasteiger partial charge in [-0.3, -0.25) is 0 Å². The predicted octanol–water partition coefficient (Wildman–Crippen LogP) is 3.26. The topological polar surface area (TPSA) is 0 Å². The highest BCUT2D eigenvalue weighted by molar-refractivity contribution is 8.06. The van der Waals surface area contributed by atoms with E-state index < -0.39 is 6.70 Å². The molecule has 2 heteroatoms. The number of hydrogen-bond donors (Lipinski definition) is 0.